The van der Waals surface area contributed by atoms with E-state index in [0.717, 1.165) is 16.0 Å². The molecule has 0 saturated heterocycles. The number of benzene rings is 2. The van der Waals surface area contributed by atoms with Gasteiger partial charge in [-0.1, -0.05) is 24.3 Å². The summed E-state index contributed by atoms with van der Waals surface area (Å²) in [5, 5.41) is 8.13. The summed E-state index contributed by atoms with van der Waals surface area (Å²) >= 11 is 1.60. The fraction of sp³-hybridized carbons (Fsp3) is 0.143. The molecule has 0 fully saturated rings. The molecule has 6 heteroatoms. The predicted molar refractivity (Wildman–Crippen MR) is 106 cm³/mol. The molecule has 0 aliphatic carbocycles. The lowest BCUT2D eigenvalue weighted by Crippen LogP contribution is -2.24. The summed E-state index contributed by atoms with van der Waals surface area (Å²) in [6, 6.07) is 17.4. The van der Waals surface area contributed by atoms with Crippen LogP contribution in [0, 0.1) is 5.82 Å². The highest BCUT2D eigenvalue weighted by molar-refractivity contribution is 7.13. The first-order valence-corrected chi connectivity index (χ1v) is 9.52. The lowest BCUT2D eigenvalue weighted by atomic mass is 10.1. The molecule has 4 rings (SSSR count). The van der Waals surface area contributed by atoms with Crippen LogP contribution in [0.3, 0.4) is 0 Å². The number of rotatable bonds is 6. The number of hydrogen-bond acceptors (Lipinski definition) is 4. The minimum absolute atomic E-state index is 0.104. The maximum absolute atomic E-state index is 12.9. The van der Waals surface area contributed by atoms with Crippen molar-refractivity contribution in [2.45, 2.75) is 13.0 Å². The molecule has 0 aliphatic rings. The van der Waals surface area contributed by atoms with E-state index in [1.54, 1.807) is 23.5 Å². The van der Waals surface area contributed by atoms with Gasteiger partial charge in [-0.15, -0.1) is 11.3 Å². The topological polar surface area (TPSA) is 44.1 Å². The zero-order valence-corrected chi connectivity index (χ0v) is 15.3. The third-order valence-electron chi connectivity index (χ3n) is 4.22. The molecule has 2 aromatic carbocycles. The molecular weight excluding hydrogens is 363 g/mol. The van der Waals surface area contributed by atoms with Gasteiger partial charge in [0, 0.05) is 18.4 Å². The van der Waals surface area contributed by atoms with Crippen molar-refractivity contribution >= 4 is 22.1 Å². The summed E-state index contributed by atoms with van der Waals surface area (Å²) in [6.07, 6.45) is 0.618. The second-order valence-corrected chi connectivity index (χ2v) is 7.00. The molecule has 136 valence electrons. The second-order valence-electron chi connectivity index (χ2n) is 6.06. The van der Waals surface area contributed by atoms with E-state index in [-0.39, 0.29) is 11.4 Å². The van der Waals surface area contributed by atoms with Crippen LogP contribution in [0.1, 0.15) is 6.42 Å². The third-order valence-corrected chi connectivity index (χ3v) is 5.10. The highest BCUT2D eigenvalue weighted by Gasteiger charge is 2.12. The molecule has 0 radical (unpaired) electrons. The summed E-state index contributed by atoms with van der Waals surface area (Å²) in [5.74, 6) is 0.310. The van der Waals surface area contributed by atoms with Crippen molar-refractivity contribution in [3.05, 3.63) is 82.2 Å². The van der Waals surface area contributed by atoms with Gasteiger partial charge in [-0.05, 0) is 41.8 Å². The lowest BCUT2D eigenvalue weighted by molar-refractivity contribution is 0.297. The van der Waals surface area contributed by atoms with Crippen molar-refractivity contribution < 1.29 is 9.13 Å². The third kappa shape index (κ3) is 3.75. The minimum Gasteiger partial charge on any atom is -0.494 e. The van der Waals surface area contributed by atoms with Crippen LogP contribution in [-0.4, -0.2) is 16.4 Å². The molecule has 4 aromatic rings. The maximum atomic E-state index is 12.9. The van der Waals surface area contributed by atoms with Crippen LogP contribution in [0.5, 0.6) is 5.75 Å². The predicted octanol–water partition coefficient (Wildman–Crippen LogP) is 4.73. The summed E-state index contributed by atoms with van der Waals surface area (Å²) < 4.78 is 20.0. The van der Waals surface area contributed by atoms with E-state index in [0.29, 0.717) is 30.7 Å². The Morgan fingerprint density at radius 2 is 1.78 bits per heavy atom. The highest BCUT2D eigenvalue weighted by Crippen LogP contribution is 2.28. The zero-order valence-electron chi connectivity index (χ0n) is 14.5. The number of thiophene rings is 1. The number of halogens is 1. The Morgan fingerprint density at radius 3 is 2.52 bits per heavy atom. The Balaban J connectivity index is 1.55. The van der Waals surface area contributed by atoms with Gasteiger partial charge in [-0.3, -0.25) is 4.79 Å². The quantitative estimate of drug-likeness (QED) is 0.454. The van der Waals surface area contributed by atoms with Gasteiger partial charge in [-0.2, -0.15) is 5.10 Å². The number of ether oxygens (including phenoxy) is 1. The molecule has 0 unspecified atom stereocenters. The van der Waals surface area contributed by atoms with Gasteiger partial charge < -0.3 is 4.74 Å². The van der Waals surface area contributed by atoms with Crippen molar-refractivity contribution in [3.8, 4) is 16.3 Å². The SMILES string of the molecule is O=c1c2ccccc2c(-c2cccs2)nn1CCCOc1ccc(F)cc1. The van der Waals surface area contributed by atoms with Gasteiger partial charge in [-0.25, -0.2) is 9.07 Å². The van der Waals surface area contributed by atoms with Crippen molar-refractivity contribution in [2.24, 2.45) is 0 Å². The van der Waals surface area contributed by atoms with Crippen LogP contribution < -0.4 is 10.3 Å². The van der Waals surface area contributed by atoms with Crippen LogP contribution in [0.4, 0.5) is 4.39 Å². The van der Waals surface area contributed by atoms with E-state index in [2.05, 4.69) is 5.10 Å². The average molecular weight is 380 g/mol. The largest absolute Gasteiger partial charge is 0.494 e. The van der Waals surface area contributed by atoms with Gasteiger partial charge in [0.2, 0.25) is 0 Å². The van der Waals surface area contributed by atoms with E-state index in [1.165, 1.54) is 16.8 Å². The monoisotopic (exact) mass is 380 g/mol. The van der Waals surface area contributed by atoms with Crippen LogP contribution >= 0.6 is 11.3 Å². The van der Waals surface area contributed by atoms with E-state index in [1.807, 2.05) is 41.8 Å². The molecule has 0 atom stereocenters. The molecule has 0 amide bonds. The van der Waals surface area contributed by atoms with Gasteiger partial charge in [0.05, 0.1) is 16.9 Å². The summed E-state index contributed by atoms with van der Waals surface area (Å²) in [6.45, 7) is 0.865. The first-order chi connectivity index (χ1) is 13.2. The summed E-state index contributed by atoms with van der Waals surface area (Å²) in [5.41, 5.74) is 0.715. The molecule has 27 heavy (non-hydrogen) atoms. The van der Waals surface area contributed by atoms with Crippen LogP contribution in [0.25, 0.3) is 21.3 Å². The molecular formula is C21H17FN2O2S. The number of fused-ring (bicyclic) bond motifs is 1. The van der Waals surface area contributed by atoms with E-state index < -0.39 is 0 Å². The number of nitrogens with zero attached hydrogens (tertiary/aromatic N) is 2. The highest BCUT2D eigenvalue weighted by atomic mass is 32.1. The van der Waals surface area contributed by atoms with E-state index in [4.69, 9.17) is 4.74 Å². The standard InChI is InChI=1S/C21H17FN2O2S/c22-15-8-10-16(11-9-15)26-13-4-12-24-21(25)18-6-2-1-5-17(18)20(23-24)19-7-3-14-27-19/h1-3,5-11,14H,4,12-13H2. The van der Waals surface area contributed by atoms with Gasteiger partial charge in [0.15, 0.2) is 0 Å². The van der Waals surface area contributed by atoms with E-state index >= 15 is 0 Å². The first-order valence-electron chi connectivity index (χ1n) is 8.64. The fourth-order valence-electron chi connectivity index (χ4n) is 2.92. The number of hydrogen-bond donors (Lipinski definition) is 0. The maximum Gasteiger partial charge on any atom is 0.274 e. The van der Waals surface area contributed by atoms with E-state index in [9.17, 15) is 9.18 Å². The Morgan fingerprint density at radius 1 is 1.00 bits per heavy atom. The minimum atomic E-state index is -0.296. The van der Waals surface area contributed by atoms with Gasteiger partial charge >= 0.3 is 0 Å². The molecule has 4 nitrogen and oxygen atoms in total. The summed E-state index contributed by atoms with van der Waals surface area (Å²) in [4.78, 5) is 13.8. The molecule has 0 bridgehead atoms. The first kappa shape index (κ1) is 17.4. The Hall–Kier alpha value is -2.99. The molecule has 0 saturated carbocycles. The molecule has 2 aromatic heterocycles. The van der Waals surface area contributed by atoms with Gasteiger partial charge in [0.1, 0.15) is 17.3 Å². The normalized spacial score (nSPS) is 11.0. The van der Waals surface area contributed by atoms with Crippen molar-refractivity contribution in [2.75, 3.05) is 6.61 Å². The van der Waals surface area contributed by atoms with Crippen molar-refractivity contribution in [3.63, 3.8) is 0 Å². The average Bonchev–Trinajstić information content (AvgIpc) is 3.23. The molecule has 2 heterocycles. The Labute approximate surface area is 159 Å². The summed E-state index contributed by atoms with van der Waals surface area (Å²) in [7, 11) is 0. The molecule has 0 N–H and O–H groups in total. The van der Waals surface area contributed by atoms with Crippen LogP contribution in [0.2, 0.25) is 0 Å². The number of aryl methyl sites for hydroxylation is 1. The fourth-order valence-corrected chi connectivity index (χ4v) is 3.64. The van der Waals surface area contributed by atoms with Crippen molar-refractivity contribution in [1.29, 1.82) is 0 Å². The smallest absolute Gasteiger partial charge is 0.274 e. The number of aromatic nitrogens is 2. The Bertz CT molecular complexity index is 1110. The lowest BCUT2D eigenvalue weighted by Gasteiger charge is -2.11. The van der Waals surface area contributed by atoms with Gasteiger partial charge in [0.25, 0.3) is 5.56 Å². The molecule has 0 spiro atoms. The van der Waals surface area contributed by atoms with Crippen LogP contribution in [0.15, 0.2) is 70.8 Å². The molecule has 0 aliphatic heterocycles. The Kier molecular flexibility index (Phi) is 4.98. The second kappa shape index (κ2) is 7.72. The zero-order chi connectivity index (χ0) is 18.6. The van der Waals surface area contributed by atoms with Crippen LogP contribution in [-0.2, 0) is 6.54 Å². The van der Waals surface area contributed by atoms with Crippen molar-refractivity contribution in [1.82, 2.24) is 9.78 Å².